The van der Waals surface area contributed by atoms with E-state index in [0.717, 1.165) is 18.5 Å². The van der Waals surface area contributed by atoms with Gasteiger partial charge < -0.3 is 35.4 Å². The Morgan fingerprint density at radius 2 is 1.80 bits per heavy atom. The van der Waals surface area contributed by atoms with Gasteiger partial charge in [0.15, 0.2) is 0 Å². The van der Waals surface area contributed by atoms with Crippen molar-refractivity contribution in [1.82, 2.24) is 35.4 Å². The van der Waals surface area contributed by atoms with Gasteiger partial charge in [0.25, 0.3) is 0 Å². The fourth-order valence-electron chi connectivity index (χ4n) is 6.40. The number of amides is 3. The van der Waals surface area contributed by atoms with Crippen molar-refractivity contribution in [3.8, 4) is 0 Å². The van der Waals surface area contributed by atoms with Crippen LogP contribution in [0.3, 0.4) is 0 Å². The number of carbonyl (C=O) groups is 3. The first-order valence-electron chi connectivity index (χ1n) is 15.0. The number of ether oxygens (including phenoxy) is 1. The van der Waals surface area contributed by atoms with E-state index in [1.807, 2.05) is 6.20 Å². The first-order chi connectivity index (χ1) is 19.5. The maximum atomic E-state index is 13.7. The second-order valence-electron chi connectivity index (χ2n) is 13.0. The number of aliphatic hydroxyl groups is 2. The van der Waals surface area contributed by atoms with Crippen molar-refractivity contribution in [3.63, 3.8) is 0 Å². The number of piperidine rings is 1. The molecule has 228 valence electrons. The molecule has 1 aromatic heterocycles. The number of hydrogen-bond donors (Lipinski definition) is 4. The Balaban J connectivity index is 1.35. The smallest absolute Gasteiger partial charge is 0.242 e. The Hall–Kier alpha value is -2.61. The molecule has 5 rings (SSSR count). The molecule has 4 aliphatic rings. The van der Waals surface area contributed by atoms with Gasteiger partial charge in [-0.15, -0.1) is 5.10 Å². The first kappa shape index (κ1) is 29.9. The third-order valence-electron chi connectivity index (χ3n) is 9.01. The molecule has 2 bridgehead atoms. The van der Waals surface area contributed by atoms with Crippen LogP contribution in [0.15, 0.2) is 6.20 Å². The number of fused-ring (bicyclic) bond motifs is 3. The molecule has 2 unspecified atom stereocenters. The first-order valence-corrected chi connectivity index (χ1v) is 15.0. The lowest BCUT2D eigenvalue weighted by Crippen LogP contribution is -2.57. The van der Waals surface area contributed by atoms with Gasteiger partial charge in [-0.1, -0.05) is 38.8 Å². The zero-order valence-electron chi connectivity index (χ0n) is 24.4. The Kier molecular flexibility index (Phi) is 8.98. The molecule has 6 atom stereocenters. The summed E-state index contributed by atoms with van der Waals surface area (Å²) in [5.41, 5.74) is 0.668. The molecule has 3 saturated heterocycles. The predicted molar refractivity (Wildman–Crippen MR) is 148 cm³/mol. The summed E-state index contributed by atoms with van der Waals surface area (Å²) >= 11 is 0. The highest BCUT2D eigenvalue weighted by molar-refractivity contribution is 5.90. The van der Waals surface area contributed by atoms with E-state index < -0.39 is 30.5 Å². The third-order valence-corrected chi connectivity index (χ3v) is 9.01. The molecule has 0 spiro atoms. The van der Waals surface area contributed by atoms with E-state index in [4.69, 9.17) is 4.74 Å². The van der Waals surface area contributed by atoms with Crippen LogP contribution in [0.2, 0.25) is 0 Å². The average molecular weight is 576 g/mol. The highest BCUT2D eigenvalue weighted by Crippen LogP contribution is 2.30. The number of aliphatic hydroxyl groups excluding tert-OH is 2. The Labute approximate surface area is 240 Å². The van der Waals surface area contributed by atoms with E-state index in [0.29, 0.717) is 38.5 Å². The molecule has 4 fully saturated rings. The molecule has 41 heavy (non-hydrogen) atoms. The maximum Gasteiger partial charge on any atom is 0.242 e. The fraction of sp³-hybridized carbons (Fsp3) is 0.821. The summed E-state index contributed by atoms with van der Waals surface area (Å²) in [4.78, 5) is 43.7. The molecule has 1 aromatic rings. The van der Waals surface area contributed by atoms with Crippen LogP contribution in [0.4, 0.5) is 0 Å². The van der Waals surface area contributed by atoms with Crippen LogP contribution >= 0.6 is 0 Å². The molecule has 13 heteroatoms. The number of nitrogens with one attached hydrogen (secondary N) is 2. The zero-order valence-corrected chi connectivity index (χ0v) is 24.4. The highest BCUT2D eigenvalue weighted by Gasteiger charge is 2.45. The molecular weight excluding hydrogens is 530 g/mol. The lowest BCUT2D eigenvalue weighted by molar-refractivity contribution is -0.147. The molecule has 0 aromatic carbocycles. The molecule has 4 N–H and O–H groups in total. The minimum Gasteiger partial charge on any atom is -0.388 e. The van der Waals surface area contributed by atoms with Crippen LogP contribution in [0.1, 0.15) is 77.5 Å². The summed E-state index contributed by atoms with van der Waals surface area (Å²) in [7, 11) is 0. The van der Waals surface area contributed by atoms with Crippen molar-refractivity contribution >= 4 is 17.7 Å². The molecule has 4 heterocycles. The Bertz CT molecular complexity index is 1100. The summed E-state index contributed by atoms with van der Waals surface area (Å²) in [5, 5.41) is 36.1. The molecule has 3 amide bonds. The average Bonchev–Trinajstić information content (AvgIpc) is 3.69. The highest BCUT2D eigenvalue weighted by atomic mass is 16.5. The van der Waals surface area contributed by atoms with Gasteiger partial charge in [0.2, 0.25) is 17.7 Å². The van der Waals surface area contributed by atoms with Gasteiger partial charge in [-0.25, -0.2) is 4.68 Å². The van der Waals surface area contributed by atoms with Crippen molar-refractivity contribution in [2.45, 2.75) is 114 Å². The third kappa shape index (κ3) is 6.73. The summed E-state index contributed by atoms with van der Waals surface area (Å²) in [5.74, 6) is -0.989. The van der Waals surface area contributed by atoms with Crippen LogP contribution in [0, 0.1) is 0 Å². The topological polar surface area (TPSA) is 162 Å². The Morgan fingerprint density at radius 3 is 2.51 bits per heavy atom. The lowest BCUT2D eigenvalue weighted by atomic mass is 9.92. The van der Waals surface area contributed by atoms with Crippen LogP contribution in [-0.4, -0.2) is 122 Å². The number of rotatable bonds is 5. The zero-order chi connectivity index (χ0) is 29.3. The normalized spacial score (nSPS) is 32.4. The minimum absolute atomic E-state index is 0.0442. The maximum absolute atomic E-state index is 13.7. The SMILES string of the molecule is CC(C)(C)c1cn([C@@H]2CCN3C(=O)CN(CCNC4CCCC4)C(=O)C[C@@H]4O[C@H](CNC(=O)[C@@H]3C2)C(O)C4O)nn1. The summed E-state index contributed by atoms with van der Waals surface area (Å²) < 4.78 is 7.63. The fourth-order valence-corrected chi connectivity index (χ4v) is 6.40. The van der Waals surface area contributed by atoms with Gasteiger partial charge in [-0.3, -0.25) is 14.4 Å². The van der Waals surface area contributed by atoms with Gasteiger partial charge in [-0.2, -0.15) is 0 Å². The molecule has 1 aliphatic carbocycles. The summed E-state index contributed by atoms with van der Waals surface area (Å²) in [6.07, 6.45) is 2.96. The van der Waals surface area contributed by atoms with Gasteiger partial charge in [0.1, 0.15) is 24.4 Å². The van der Waals surface area contributed by atoms with E-state index in [2.05, 4.69) is 41.7 Å². The molecule has 13 nitrogen and oxygen atoms in total. The van der Waals surface area contributed by atoms with Gasteiger partial charge in [0, 0.05) is 43.8 Å². The summed E-state index contributed by atoms with van der Waals surface area (Å²) in [6, 6.07) is -0.519. The van der Waals surface area contributed by atoms with E-state index in [9.17, 15) is 24.6 Å². The van der Waals surface area contributed by atoms with E-state index in [1.54, 1.807) is 9.58 Å². The van der Waals surface area contributed by atoms with Crippen LogP contribution in [-0.2, 0) is 24.5 Å². The molecule has 0 radical (unpaired) electrons. The Morgan fingerprint density at radius 1 is 1.07 bits per heavy atom. The molecular formula is C28H45N7O6. The van der Waals surface area contributed by atoms with Crippen LogP contribution in [0.5, 0.6) is 0 Å². The molecule has 3 aliphatic heterocycles. The standard InChI is InChI=1S/C28H45N7O6/c1-28(2,3)22-15-35(32-31-22)18-8-10-34-19(12-18)27(40)30-14-21-26(39)25(38)20(41-21)13-23(36)33(16-24(34)37)11-9-29-17-6-4-5-7-17/h15,17-21,25-26,29,38-39H,4-14,16H2,1-3H3,(H,30,40)/t18-,19+,20+,21-,25?,26?/m1/s1. The second kappa shape index (κ2) is 12.3. The van der Waals surface area contributed by atoms with Crippen LogP contribution < -0.4 is 10.6 Å². The lowest BCUT2D eigenvalue weighted by Gasteiger charge is -2.39. The van der Waals surface area contributed by atoms with E-state index in [1.165, 1.54) is 17.7 Å². The number of hydrogen-bond acceptors (Lipinski definition) is 9. The number of nitrogens with zero attached hydrogens (tertiary/aromatic N) is 5. The van der Waals surface area contributed by atoms with Crippen molar-refractivity contribution < 1.29 is 29.3 Å². The number of carbonyl (C=O) groups excluding carboxylic acids is 3. The predicted octanol–water partition coefficient (Wildman–Crippen LogP) is -0.522. The monoisotopic (exact) mass is 575 g/mol. The second-order valence-corrected chi connectivity index (χ2v) is 13.0. The van der Waals surface area contributed by atoms with Crippen molar-refractivity contribution in [2.75, 3.05) is 32.7 Å². The van der Waals surface area contributed by atoms with Crippen LogP contribution in [0.25, 0.3) is 0 Å². The quantitative estimate of drug-likeness (QED) is 0.362. The van der Waals surface area contributed by atoms with Gasteiger partial charge in [0.05, 0.1) is 30.8 Å². The van der Waals surface area contributed by atoms with Gasteiger partial charge >= 0.3 is 0 Å². The van der Waals surface area contributed by atoms with Crippen molar-refractivity contribution in [3.05, 3.63) is 11.9 Å². The summed E-state index contributed by atoms with van der Waals surface area (Å²) in [6.45, 7) is 7.14. The largest absolute Gasteiger partial charge is 0.388 e. The van der Waals surface area contributed by atoms with Gasteiger partial charge in [-0.05, 0) is 25.7 Å². The van der Waals surface area contributed by atoms with Crippen molar-refractivity contribution in [1.29, 1.82) is 0 Å². The number of aromatic nitrogens is 3. The minimum atomic E-state index is -1.27. The van der Waals surface area contributed by atoms with E-state index >= 15 is 0 Å². The van der Waals surface area contributed by atoms with Crippen molar-refractivity contribution in [2.24, 2.45) is 0 Å². The van der Waals surface area contributed by atoms with E-state index in [-0.39, 0.29) is 48.7 Å². The molecule has 1 saturated carbocycles.